The van der Waals surface area contributed by atoms with Crippen LogP contribution in [0.3, 0.4) is 0 Å². The van der Waals surface area contributed by atoms with Crippen LogP contribution in [0.4, 0.5) is 4.39 Å². The van der Waals surface area contributed by atoms with Gasteiger partial charge in [0.05, 0.1) is 3.79 Å². The number of thiophene rings is 1. The van der Waals surface area contributed by atoms with Gasteiger partial charge in [-0.3, -0.25) is 0 Å². The first-order valence-corrected chi connectivity index (χ1v) is 7.44. The summed E-state index contributed by atoms with van der Waals surface area (Å²) in [6.07, 6.45) is 0. The lowest BCUT2D eigenvalue weighted by Gasteiger charge is -2.19. The standard InChI is InChI=1S/C14H15BrFNS/c1-9(11-5-3-4-6-12(11)16)17-10(2)13-7-8-14(15)18-13/h3-10,17H,1-2H3/t9-,10?/m1/s1. The molecule has 4 heteroatoms. The first-order chi connectivity index (χ1) is 8.58. The zero-order valence-corrected chi connectivity index (χ0v) is 12.7. The van der Waals surface area contributed by atoms with Gasteiger partial charge in [0.15, 0.2) is 0 Å². The highest BCUT2D eigenvalue weighted by Crippen LogP contribution is 2.29. The Kier molecular flexibility index (Phi) is 4.54. The molecule has 1 aromatic carbocycles. The van der Waals surface area contributed by atoms with Crippen molar-refractivity contribution in [3.05, 3.63) is 56.4 Å². The minimum absolute atomic E-state index is 0.0120. The van der Waals surface area contributed by atoms with E-state index in [4.69, 9.17) is 0 Å². The Morgan fingerprint density at radius 3 is 2.44 bits per heavy atom. The molecule has 1 unspecified atom stereocenters. The van der Waals surface area contributed by atoms with Crippen LogP contribution in [0, 0.1) is 5.82 Å². The fourth-order valence-corrected chi connectivity index (χ4v) is 3.37. The molecular formula is C14H15BrFNS. The van der Waals surface area contributed by atoms with Gasteiger partial charge < -0.3 is 5.32 Å². The van der Waals surface area contributed by atoms with E-state index < -0.39 is 0 Å². The van der Waals surface area contributed by atoms with E-state index in [-0.39, 0.29) is 17.9 Å². The quantitative estimate of drug-likeness (QED) is 0.827. The molecule has 0 radical (unpaired) electrons. The summed E-state index contributed by atoms with van der Waals surface area (Å²) < 4.78 is 14.8. The first-order valence-electron chi connectivity index (χ1n) is 5.83. The Hall–Kier alpha value is -0.710. The van der Waals surface area contributed by atoms with Gasteiger partial charge >= 0.3 is 0 Å². The molecule has 18 heavy (non-hydrogen) atoms. The number of halogens is 2. The third kappa shape index (κ3) is 3.19. The summed E-state index contributed by atoms with van der Waals surface area (Å²) in [6.45, 7) is 4.08. The second-order valence-corrected chi connectivity index (χ2v) is 6.77. The van der Waals surface area contributed by atoms with E-state index in [2.05, 4.69) is 34.2 Å². The Bertz CT molecular complexity index is 526. The number of nitrogens with one attached hydrogen (secondary N) is 1. The normalized spacial score (nSPS) is 14.4. The molecule has 0 saturated carbocycles. The number of hydrogen-bond acceptors (Lipinski definition) is 2. The molecule has 1 nitrogen and oxygen atoms in total. The minimum Gasteiger partial charge on any atom is -0.303 e. The van der Waals surface area contributed by atoms with E-state index in [0.717, 1.165) is 3.79 Å². The lowest BCUT2D eigenvalue weighted by molar-refractivity contribution is 0.478. The van der Waals surface area contributed by atoms with E-state index >= 15 is 0 Å². The predicted molar refractivity (Wildman–Crippen MR) is 78.4 cm³/mol. The van der Waals surface area contributed by atoms with Crippen molar-refractivity contribution in [2.45, 2.75) is 25.9 Å². The Morgan fingerprint density at radius 2 is 1.83 bits per heavy atom. The molecule has 1 N–H and O–H groups in total. The fourth-order valence-electron chi connectivity index (χ4n) is 1.93. The summed E-state index contributed by atoms with van der Waals surface area (Å²) >= 11 is 5.15. The largest absolute Gasteiger partial charge is 0.303 e. The molecule has 1 aromatic heterocycles. The highest BCUT2D eigenvalue weighted by molar-refractivity contribution is 9.11. The highest BCUT2D eigenvalue weighted by atomic mass is 79.9. The lowest BCUT2D eigenvalue weighted by atomic mass is 10.1. The molecule has 2 rings (SSSR count). The van der Waals surface area contributed by atoms with Gasteiger partial charge in [0.1, 0.15) is 5.82 Å². The number of rotatable bonds is 4. The van der Waals surface area contributed by atoms with Crippen molar-refractivity contribution >= 4 is 27.3 Å². The van der Waals surface area contributed by atoms with Crippen molar-refractivity contribution in [1.29, 1.82) is 0 Å². The van der Waals surface area contributed by atoms with Crippen LogP contribution in [0.25, 0.3) is 0 Å². The fraction of sp³-hybridized carbons (Fsp3) is 0.286. The van der Waals surface area contributed by atoms with Crippen molar-refractivity contribution < 1.29 is 4.39 Å². The average molecular weight is 328 g/mol. The van der Waals surface area contributed by atoms with Gasteiger partial charge in [0, 0.05) is 22.5 Å². The minimum atomic E-state index is -0.155. The molecule has 0 spiro atoms. The molecule has 96 valence electrons. The van der Waals surface area contributed by atoms with E-state index in [1.54, 1.807) is 17.4 Å². The van der Waals surface area contributed by atoms with Crippen molar-refractivity contribution in [3.63, 3.8) is 0 Å². The van der Waals surface area contributed by atoms with E-state index in [1.807, 2.05) is 25.1 Å². The van der Waals surface area contributed by atoms with Gasteiger partial charge in [-0.15, -0.1) is 11.3 Å². The monoisotopic (exact) mass is 327 g/mol. The Morgan fingerprint density at radius 1 is 1.11 bits per heavy atom. The molecule has 0 saturated heterocycles. The summed E-state index contributed by atoms with van der Waals surface area (Å²) in [5, 5.41) is 3.42. The Labute approximate surface area is 119 Å². The van der Waals surface area contributed by atoms with Crippen LogP contribution in [0.15, 0.2) is 40.2 Å². The van der Waals surface area contributed by atoms with Crippen LogP contribution in [-0.2, 0) is 0 Å². The molecule has 0 bridgehead atoms. The van der Waals surface area contributed by atoms with Crippen molar-refractivity contribution in [2.75, 3.05) is 0 Å². The van der Waals surface area contributed by atoms with Crippen molar-refractivity contribution in [1.82, 2.24) is 5.32 Å². The third-order valence-electron chi connectivity index (χ3n) is 2.89. The van der Waals surface area contributed by atoms with E-state index in [1.165, 1.54) is 10.9 Å². The molecule has 2 atom stereocenters. The zero-order chi connectivity index (χ0) is 13.1. The predicted octanol–water partition coefficient (Wildman–Crippen LogP) is 5.06. The van der Waals surface area contributed by atoms with Gasteiger partial charge in [-0.25, -0.2) is 4.39 Å². The average Bonchev–Trinajstić information content (AvgIpc) is 2.76. The van der Waals surface area contributed by atoms with Crippen LogP contribution < -0.4 is 5.32 Å². The van der Waals surface area contributed by atoms with Crippen molar-refractivity contribution in [3.8, 4) is 0 Å². The summed E-state index contributed by atoms with van der Waals surface area (Å²) in [7, 11) is 0. The number of benzene rings is 1. The van der Waals surface area contributed by atoms with Crippen LogP contribution >= 0.6 is 27.3 Å². The van der Waals surface area contributed by atoms with Crippen LogP contribution in [0.1, 0.15) is 36.4 Å². The third-order valence-corrected chi connectivity index (χ3v) is 4.70. The van der Waals surface area contributed by atoms with Gasteiger partial charge in [0.25, 0.3) is 0 Å². The van der Waals surface area contributed by atoms with Gasteiger partial charge in [-0.2, -0.15) is 0 Å². The van der Waals surface area contributed by atoms with E-state index in [9.17, 15) is 4.39 Å². The van der Waals surface area contributed by atoms with Gasteiger partial charge in [-0.1, -0.05) is 18.2 Å². The molecular weight excluding hydrogens is 313 g/mol. The first kappa shape index (κ1) is 13.7. The highest BCUT2D eigenvalue weighted by Gasteiger charge is 2.15. The summed E-state index contributed by atoms with van der Waals surface area (Å²) in [5.41, 5.74) is 0.708. The SMILES string of the molecule is CC(N[C@H](C)c1ccccc1F)c1ccc(Br)s1. The zero-order valence-electron chi connectivity index (χ0n) is 10.3. The molecule has 1 heterocycles. The van der Waals surface area contributed by atoms with Crippen LogP contribution in [0.5, 0.6) is 0 Å². The second kappa shape index (κ2) is 5.95. The summed E-state index contributed by atoms with van der Waals surface area (Å²) in [6, 6.07) is 11.2. The number of hydrogen-bond donors (Lipinski definition) is 1. The van der Waals surface area contributed by atoms with Gasteiger partial charge in [-0.05, 0) is 48.0 Å². The molecule has 0 aliphatic carbocycles. The van der Waals surface area contributed by atoms with Crippen LogP contribution in [-0.4, -0.2) is 0 Å². The topological polar surface area (TPSA) is 12.0 Å². The molecule has 0 aliphatic rings. The molecule has 0 aliphatic heterocycles. The Balaban J connectivity index is 2.08. The van der Waals surface area contributed by atoms with E-state index in [0.29, 0.717) is 5.56 Å². The van der Waals surface area contributed by atoms with Crippen molar-refractivity contribution in [2.24, 2.45) is 0 Å². The molecule has 0 fully saturated rings. The maximum Gasteiger partial charge on any atom is 0.127 e. The van der Waals surface area contributed by atoms with Crippen LogP contribution in [0.2, 0.25) is 0 Å². The molecule has 0 amide bonds. The smallest absolute Gasteiger partial charge is 0.127 e. The lowest BCUT2D eigenvalue weighted by Crippen LogP contribution is -2.22. The molecule has 2 aromatic rings. The maximum absolute atomic E-state index is 13.7. The maximum atomic E-state index is 13.7. The summed E-state index contributed by atoms with van der Waals surface area (Å²) in [5.74, 6) is -0.155. The second-order valence-electron chi connectivity index (χ2n) is 4.27. The summed E-state index contributed by atoms with van der Waals surface area (Å²) in [4.78, 5) is 1.24. The van der Waals surface area contributed by atoms with Gasteiger partial charge in [0.2, 0.25) is 0 Å².